The van der Waals surface area contributed by atoms with Crippen LogP contribution < -0.4 is 0 Å². The fraction of sp³-hybridized carbons (Fsp3) is 0.273. The van der Waals surface area contributed by atoms with Gasteiger partial charge < -0.3 is 10.2 Å². The lowest BCUT2D eigenvalue weighted by Gasteiger charge is -2.20. The standard InChI is InChI=1S/C22H20ClF2NO4/c1-4-10(2)17(22(29)30)18-11(3)26(15-7-8-16(27)20(25)19(15)18)21(28)12-5-6-13(23)14(24)9-12/h5-10,17,27H,4H2,1-3H3,(H,29,30)/t10-,17?/m1/s1. The molecule has 0 spiro atoms. The lowest BCUT2D eigenvalue weighted by Crippen LogP contribution is -2.21. The number of aromatic hydroxyl groups is 1. The van der Waals surface area contributed by atoms with Crippen molar-refractivity contribution in [2.75, 3.05) is 0 Å². The molecule has 3 rings (SSSR count). The van der Waals surface area contributed by atoms with Gasteiger partial charge in [-0.05, 0) is 48.7 Å². The Kier molecular flexibility index (Phi) is 5.85. The first-order valence-electron chi connectivity index (χ1n) is 9.35. The molecule has 0 amide bonds. The smallest absolute Gasteiger partial charge is 0.311 e. The van der Waals surface area contributed by atoms with Gasteiger partial charge in [-0.1, -0.05) is 31.9 Å². The highest BCUT2D eigenvalue weighted by Crippen LogP contribution is 2.40. The number of fused-ring (bicyclic) bond motifs is 1. The van der Waals surface area contributed by atoms with Crippen LogP contribution >= 0.6 is 11.6 Å². The third-order valence-corrected chi connectivity index (χ3v) is 5.80. The fourth-order valence-corrected chi connectivity index (χ4v) is 3.88. The molecule has 0 saturated carbocycles. The molecule has 0 aliphatic heterocycles. The first-order chi connectivity index (χ1) is 14.1. The normalized spacial score (nSPS) is 13.4. The molecule has 0 radical (unpaired) electrons. The molecule has 1 aromatic heterocycles. The van der Waals surface area contributed by atoms with E-state index in [0.717, 1.165) is 16.7 Å². The van der Waals surface area contributed by atoms with Gasteiger partial charge in [-0.25, -0.2) is 8.78 Å². The van der Waals surface area contributed by atoms with E-state index in [1.807, 2.05) is 6.92 Å². The van der Waals surface area contributed by atoms with Crippen LogP contribution in [0.25, 0.3) is 10.9 Å². The van der Waals surface area contributed by atoms with E-state index in [2.05, 4.69) is 0 Å². The fourth-order valence-electron chi connectivity index (χ4n) is 3.77. The zero-order valence-corrected chi connectivity index (χ0v) is 17.3. The average molecular weight is 436 g/mol. The summed E-state index contributed by atoms with van der Waals surface area (Å²) in [5, 5.41) is 19.5. The molecular weight excluding hydrogens is 416 g/mol. The zero-order valence-electron chi connectivity index (χ0n) is 16.5. The third kappa shape index (κ3) is 3.43. The predicted molar refractivity (Wildman–Crippen MR) is 109 cm³/mol. The highest BCUT2D eigenvalue weighted by atomic mass is 35.5. The first-order valence-corrected chi connectivity index (χ1v) is 9.72. The Balaban J connectivity index is 2.38. The molecule has 0 bridgehead atoms. The van der Waals surface area contributed by atoms with Crippen molar-refractivity contribution in [3.8, 4) is 5.75 Å². The van der Waals surface area contributed by atoms with Gasteiger partial charge in [0.25, 0.3) is 5.91 Å². The van der Waals surface area contributed by atoms with E-state index in [0.29, 0.717) is 6.42 Å². The number of rotatable bonds is 5. The summed E-state index contributed by atoms with van der Waals surface area (Å²) in [4.78, 5) is 25.3. The molecule has 3 aromatic rings. The zero-order chi connectivity index (χ0) is 22.3. The molecule has 1 heterocycles. The molecule has 1 unspecified atom stereocenters. The van der Waals surface area contributed by atoms with Crippen LogP contribution in [0, 0.1) is 24.5 Å². The van der Waals surface area contributed by atoms with E-state index < -0.39 is 35.2 Å². The van der Waals surface area contributed by atoms with Crippen LogP contribution in [-0.4, -0.2) is 26.7 Å². The molecule has 0 saturated heterocycles. The number of hydrogen-bond acceptors (Lipinski definition) is 3. The van der Waals surface area contributed by atoms with Crippen LogP contribution in [-0.2, 0) is 4.79 Å². The maximum Gasteiger partial charge on any atom is 0.311 e. The summed E-state index contributed by atoms with van der Waals surface area (Å²) in [6.07, 6.45) is 0.500. The van der Waals surface area contributed by atoms with Gasteiger partial charge in [0, 0.05) is 16.6 Å². The second kappa shape index (κ2) is 8.07. The van der Waals surface area contributed by atoms with Gasteiger partial charge in [0.15, 0.2) is 11.6 Å². The summed E-state index contributed by atoms with van der Waals surface area (Å²) in [6.45, 7) is 5.04. The predicted octanol–water partition coefficient (Wildman–Crippen LogP) is 5.49. The van der Waals surface area contributed by atoms with Crippen molar-refractivity contribution < 1.29 is 28.6 Å². The number of halogens is 3. The van der Waals surface area contributed by atoms with Crippen LogP contribution in [0.3, 0.4) is 0 Å². The number of aromatic nitrogens is 1. The molecule has 8 heteroatoms. The number of phenols is 1. The molecule has 2 atom stereocenters. The molecule has 2 N–H and O–H groups in total. The Hall–Kier alpha value is -2.93. The minimum Gasteiger partial charge on any atom is -0.505 e. The van der Waals surface area contributed by atoms with Gasteiger partial charge in [0.05, 0.1) is 16.5 Å². The Labute approximate surface area is 176 Å². The van der Waals surface area contributed by atoms with Gasteiger partial charge in [0.2, 0.25) is 0 Å². The molecule has 5 nitrogen and oxygen atoms in total. The van der Waals surface area contributed by atoms with Crippen molar-refractivity contribution >= 4 is 34.4 Å². The number of carboxylic acid groups (broad SMARTS) is 1. The Bertz CT molecular complexity index is 1170. The summed E-state index contributed by atoms with van der Waals surface area (Å²) in [6, 6.07) is 5.96. The molecular formula is C22H20ClF2NO4. The lowest BCUT2D eigenvalue weighted by atomic mass is 9.84. The molecule has 0 fully saturated rings. The van der Waals surface area contributed by atoms with Gasteiger partial charge >= 0.3 is 5.97 Å². The Morgan fingerprint density at radius 2 is 1.87 bits per heavy atom. The number of hydrogen-bond donors (Lipinski definition) is 2. The molecule has 0 aliphatic rings. The second-order valence-electron chi connectivity index (χ2n) is 7.26. The lowest BCUT2D eigenvalue weighted by molar-refractivity contribution is -0.140. The molecule has 158 valence electrons. The summed E-state index contributed by atoms with van der Waals surface area (Å²) < 4.78 is 30.0. The van der Waals surface area contributed by atoms with Crippen molar-refractivity contribution in [1.29, 1.82) is 0 Å². The van der Waals surface area contributed by atoms with Crippen molar-refractivity contribution in [2.45, 2.75) is 33.1 Å². The van der Waals surface area contributed by atoms with Crippen molar-refractivity contribution in [3.05, 3.63) is 63.8 Å². The summed E-state index contributed by atoms with van der Waals surface area (Å²) in [5.41, 5.74) is 0.380. The van der Waals surface area contributed by atoms with E-state index in [4.69, 9.17) is 11.6 Å². The van der Waals surface area contributed by atoms with Crippen molar-refractivity contribution in [2.24, 2.45) is 5.92 Å². The van der Waals surface area contributed by atoms with E-state index in [1.54, 1.807) is 6.92 Å². The number of nitrogens with zero attached hydrogens (tertiary/aromatic N) is 1. The summed E-state index contributed by atoms with van der Waals surface area (Å²) >= 11 is 5.69. The van der Waals surface area contributed by atoms with Crippen LogP contribution in [0.15, 0.2) is 30.3 Å². The number of carbonyl (C=O) groups is 2. The van der Waals surface area contributed by atoms with Gasteiger partial charge in [0.1, 0.15) is 5.82 Å². The largest absolute Gasteiger partial charge is 0.505 e. The van der Waals surface area contributed by atoms with Gasteiger partial charge in [-0.3, -0.25) is 14.2 Å². The quantitative estimate of drug-likeness (QED) is 0.555. The van der Waals surface area contributed by atoms with E-state index in [1.165, 1.54) is 25.1 Å². The maximum atomic E-state index is 15.0. The Morgan fingerprint density at radius 3 is 2.43 bits per heavy atom. The highest BCUT2D eigenvalue weighted by molar-refractivity contribution is 6.30. The second-order valence-corrected chi connectivity index (χ2v) is 7.67. The van der Waals surface area contributed by atoms with Crippen LogP contribution in [0.1, 0.15) is 47.8 Å². The van der Waals surface area contributed by atoms with Crippen LogP contribution in [0.2, 0.25) is 5.02 Å². The molecule has 0 aliphatic carbocycles. The minimum absolute atomic E-state index is 0.0349. The van der Waals surface area contributed by atoms with Crippen molar-refractivity contribution in [1.82, 2.24) is 4.57 Å². The maximum absolute atomic E-state index is 15.0. The monoisotopic (exact) mass is 435 g/mol. The average Bonchev–Trinajstić information content (AvgIpc) is 2.98. The highest BCUT2D eigenvalue weighted by Gasteiger charge is 2.34. The molecule has 30 heavy (non-hydrogen) atoms. The number of carbonyl (C=O) groups excluding carboxylic acids is 1. The van der Waals surface area contributed by atoms with Crippen LogP contribution in [0.5, 0.6) is 5.75 Å². The van der Waals surface area contributed by atoms with Crippen LogP contribution in [0.4, 0.5) is 8.78 Å². The Morgan fingerprint density at radius 1 is 1.20 bits per heavy atom. The number of benzene rings is 2. The van der Waals surface area contributed by atoms with Gasteiger partial charge in [-0.2, -0.15) is 0 Å². The number of phenolic OH excluding ortho intramolecular Hbond substituents is 1. The van der Waals surface area contributed by atoms with Gasteiger partial charge in [-0.15, -0.1) is 0 Å². The summed E-state index contributed by atoms with van der Waals surface area (Å²) in [5.74, 6) is -5.76. The molecule has 2 aromatic carbocycles. The first kappa shape index (κ1) is 21.8. The third-order valence-electron chi connectivity index (χ3n) is 5.49. The van der Waals surface area contributed by atoms with E-state index in [9.17, 15) is 28.6 Å². The SMILES string of the molecule is CC[C@@H](C)C(C(=O)O)c1c(C)n(C(=O)c2ccc(Cl)c(F)c2)c2ccc(O)c(F)c12. The topological polar surface area (TPSA) is 79.5 Å². The number of aliphatic carboxylic acids is 1. The minimum atomic E-state index is -1.17. The van der Waals surface area contributed by atoms with E-state index >= 15 is 0 Å². The van der Waals surface area contributed by atoms with E-state index in [-0.39, 0.29) is 38.7 Å². The number of carboxylic acids is 1. The summed E-state index contributed by atoms with van der Waals surface area (Å²) in [7, 11) is 0. The van der Waals surface area contributed by atoms with Crippen molar-refractivity contribution in [3.63, 3.8) is 0 Å².